The molecule has 0 aromatic rings. The lowest BCUT2D eigenvalue weighted by molar-refractivity contribution is -0.0195. The van der Waals surface area contributed by atoms with Gasteiger partial charge in [-0.3, -0.25) is 0 Å². The van der Waals surface area contributed by atoms with Crippen molar-refractivity contribution < 1.29 is 14.3 Å². The van der Waals surface area contributed by atoms with E-state index in [9.17, 15) is 4.79 Å². The topological polar surface area (TPSA) is 35.5 Å². The van der Waals surface area contributed by atoms with Crippen molar-refractivity contribution in [1.29, 1.82) is 0 Å². The van der Waals surface area contributed by atoms with Crippen molar-refractivity contribution in [1.82, 2.24) is 0 Å². The van der Waals surface area contributed by atoms with E-state index in [1.807, 2.05) is 0 Å². The number of ether oxygens (including phenoxy) is 2. The van der Waals surface area contributed by atoms with E-state index in [0.29, 0.717) is 6.61 Å². The molecule has 3 nitrogen and oxygen atoms in total. The van der Waals surface area contributed by atoms with Crippen LogP contribution in [-0.2, 0) is 9.47 Å². The van der Waals surface area contributed by atoms with Gasteiger partial charge in [0.1, 0.15) is 5.60 Å². The third kappa shape index (κ3) is 6.67. The summed E-state index contributed by atoms with van der Waals surface area (Å²) in [6, 6.07) is 0. The van der Waals surface area contributed by atoms with Crippen LogP contribution in [0.4, 0.5) is 4.79 Å². The summed E-state index contributed by atoms with van der Waals surface area (Å²) in [4.78, 5) is 11.6. The summed E-state index contributed by atoms with van der Waals surface area (Å²) in [5.41, 5.74) is -0.550. The fourth-order valence-electron chi connectivity index (χ4n) is 2.02. The molecule has 0 saturated carbocycles. The Morgan fingerprint density at radius 3 is 2.17 bits per heavy atom. The van der Waals surface area contributed by atoms with Gasteiger partial charge in [0.2, 0.25) is 0 Å². The van der Waals surface area contributed by atoms with Crippen LogP contribution in [0, 0.1) is 0 Å². The molecule has 0 unspecified atom stereocenters. The second-order valence-corrected chi connectivity index (χ2v) is 4.68. The van der Waals surface area contributed by atoms with Crippen molar-refractivity contribution in [3.63, 3.8) is 0 Å². The number of carbonyl (C=O) groups excluding carboxylic acids is 1. The van der Waals surface area contributed by atoms with Crippen molar-refractivity contribution in [2.24, 2.45) is 0 Å². The maximum atomic E-state index is 11.6. The quantitative estimate of drug-likeness (QED) is 0.318. The highest BCUT2D eigenvalue weighted by Gasteiger charge is 2.29. The van der Waals surface area contributed by atoms with Gasteiger partial charge in [-0.25, -0.2) is 4.79 Å². The summed E-state index contributed by atoms with van der Waals surface area (Å²) in [5, 5.41) is 0. The minimum Gasteiger partial charge on any atom is -0.434 e. The lowest BCUT2D eigenvalue weighted by Crippen LogP contribution is -2.33. The number of hydrogen-bond donors (Lipinski definition) is 0. The van der Waals surface area contributed by atoms with Crippen molar-refractivity contribution in [3.05, 3.63) is 12.7 Å². The molecule has 0 saturated heterocycles. The smallest absolute Gasteiger partial charge is 0.434 e. The molecule has 18 heavy (non-hydrogen) atoms. The number of rotatable bonds is 10. The monoisotopic (exact) mass is 256 g/mol. The molecule has 0 aromatic carbocycles. The normalized spacial score (nSPS) is 11.1. The molecule has 106 valence electrons. The van der Waals surface area contributed by atoms with E-state index in [1.165, 1.54) is 0 Å². The predicted molar refractivity (Wildman–Crippen MR) is 74.7 cm³/mol. The Hall–Kier alpha value is -0.990. The summed E-state index contributed by atoms with van der Waals surface area (Å²) >= 11 is 0. The van der Waals surface area contributed by atoms with E-state index < -0.39 is 11.8 Å². The zero-order valence-corrected chi connectivity index (χ0v) is 12.2. The standard InChI is InChI=1S/C15H28O3/c1-5-9-10-13-17-14(16)18-15(8-4,11-6-2)12-7-3/h8H,4-7,9-13H2,1-3H3. The van der Waals surface area contributed by atoms with Crippen molar-refractivity contribution >= 4 is 6.16 Å². The molecule has 0 aliphatic heterocycles. The molecule has 0 heterocycles. The Kier molecular flexibility index (Phi) is 9.43. The van der Waals surface area contributed by atoms with Crippen LogP contribution >= 0.6 is 0 Å². The average Bonchev–Trinajstić information content (AvgIpc) is 2.35. The first-order valence-electron chi connectivity index (χ1n) is 7.13. The summed E-state index contributed by atoms with van der Waals surface area (Å²) in [6.07, 6.45) is 7.77. The van der Waals surface area contributed by atoms with Gasteiger partial charge in [0.15, 0.2) is 0 Å². The van der Waals surface area contributed by atoms with Gasteiger partial charge in [0, 0.05) is 0 Å². The molecule has 0 fully saturated rings. The second-order valence-electron chi connectivity index (χ2n) is 4.68. The number of hydrogen-bond acceptors (Lipinski definition) is 3. The highest BCUT2D eigenvalue weighted by atomic mass is 16.7. The van der Waals surface area contributed by atoms with Crippen LogP contribution in [0.15, 0.2) is 12.7 Å². The van der Waals surface area contributed by atoms with Gasteiger partial charge in [-0.1, -0.05) is 53.0 Å². The largest absolute Gasteiger partial charge is 0.509 e. The molecule has 0 N–H and O–H groups in total. The van der Waals surface area contributed by atoms with Gasteiger partial charge in [-0.15, -0.1) is 0 Å². The molecule has 0 atom stereocenters. The van der Waals surface area contributed by atoms with Gasteiger partial charge < -0.3 is 9.47 Å². The zero-order chi connectivity index (χ0) is 13.9. The third-order valence-corrected chi connectivity index (χ3v) is 2.97. The highest BCUT2D eigenvalue weighted by Crippen LogP contribution is 2.26. The van der Waals surface area contributed by atoms with Gasteiger partial charge >= 0.3 is 6.16 Å². The van der Waals surface area contributed by atoms with E-state index >= 15 is 0 Å². The summed E-state index contributed by atoms with van der Waals surface area (Å²) < 4.78 is 10.6. The summed E-state index contributed by atoms with van der Waals surface area (Å²) in [6.45, 7) is 10.5. The Bertz CT molecular complexity index is 230. The molecule has 0 bridgehead atoms. The molecule has 0 aliphatic rings. The van der Waals surface area contributed by atoms with E-state index in [2.05, 4.69) is 27.4 Å². The van der Waals surface area contributed by atoms with Crippen LogP contribution < -0.4 is 0 Å². The van der Waals surface area contributed by atoms with E-state index in [-0.39, 0.29) is 0 Å². The lowest BCUT2D eigenvalue weighted by Gasteiger charge is -2.29. The minimum absolute atomic E-state index is 0.443. The van der Waals surface area contributed by atoms with Gasteiger partial charge in [-0.05, 0) is 25.3 Å². The fourth-order valence-corrected chi connectivity index (χ4v) is 2.02. The predicted octanol–water partition coefficient (Wildman–Crippen LogP) is 4.85. The highest BCUT2D eigenvalue weighted by molar-refractivity contribution is 5.60. The molecule has 0 spiro atoms. The SMILES string of the molecule is C=CC(CCC)(CCC)OC(=O)OCCCCC. The maximum absolute atomic E-state index is 11.6. The zero-order valence-electron chi connectivity index (χ0n) is 12.2. The Labute approximate surface area is 112 Å². The van der Waals surface area contributed by atoms with Crippen molar-refractivity contribution in [3.8, 4) is 0 Å². The van der Waals surface area contributed by atoms with Gasteiger partial charge in [-0.2, -0.15) is 0 Å². The molecule has 0 aromatic heterocycles. The summed E-state index contributed by atoms with van der Waals surface area (Å²) in [7, 11) is 0. The van der Waals surface area contributed by atoms with E-state index in [1.54, 1.807) is 6.08 Å². The van der Waals surface area contributed by atoms with Crippen LogP contribution in [0.1, 0.15) is 65.7 Å². The van der Waals surface area contributed by atoms with Crippen LogP contribution in [-0.4, -0.2) is 18.4 Å². The second kappa shape index (κ2) is 9.98. The molecule has 0 radical (unpaired) electrons. The molecule has 0 rings (SSSR count). The molecule has 0 amide bonds. The van der Waals surface area contributed by atoms with Gasteiger partial charge in [0.25, 0.3) is 0 Å². The average molecular weight is 256 g/mol. The lowest BCUT2D eigenvalue weighted by atomic mass is 9.93. The van der Waals surface area contributed by atoms with Crippen LogP contribution in [0.5, 0.6) is 0 Å². The van der Waals surface area contributed by atoms with Crippen LogP contribution in [0.2, 0.25) is 0 Å². The van der Waals surface area contributed by atoms with Crippen molar-refractivity contribution in [2.45, 2.75) is 71.3 Å². The fraction of sp³-hybridized carbons (Fsp3) is 0.800. The molecular formula is C15H28O3. The van der Waals surface area contributed by atoms with Crippen LogP contribution in [0.25, 0.3) is 0 Å². The maximum Gasteiger partial charge on any atom is 0.509 e. The third-order valence-electron chi connectivity index (χ3n) is 2.97. The Morgan fingerprint density at radius 1 is 1.11 bits per heavy atom. The first-order valence-corrected chi connectivity index (χ1v) is 7.13. The van der Waals surface area contributed by atoms with Gasteiger partial charge in [0.05, 0.1) is 6.61 Å². The number of unbranched alkanes of at least 4 members (excludes halogenated alkanes) is 2. The first-order chi connectivity index (χ1) is 8.64. The Balaban J connectivity index is 4.21. The van der Waals surface area contributed by atoms with Crippen molar-refractivity contribution in [2.75, 3.05) is 6.61 Å². The molecule has 0 aliphatic carbocycles. The summed E-state index contributed by atoms with van der Waals surface area (Å²) in [5.74, 6) is 0. The van der Waals surface area contributed by atoms with E-state index in [0.717, 1.165) is 44.9 Å². The Morgan fingerprint density at radius 2 is 1.72 bits per heavy atom. The first kappa shape index (κ1) is 17.0. The number of carbonyl (C=O) groups is 1. The minimum atomic E-state index is -0.562. The molecular weight excluding hydrogens is 228 g/mol. The van der Waals surface area contributed by atoms with Crippen LogP contribution in [0.3, 0.4) is 0 Å². The molecule has 3 heteroatoms. The van der Waals surface area contributed by atoms with E-state index in [4.69, 9.17) is 9.47 Å².